The largest absolute Gasteiger partial charge is 0.458 e. The Kier molecular flexibility index (Phi) is 5.54. The fraction of sp³-hybridized carbons (Fsp3) is 0.857. The van der Waals surface area contributed by atoms with E-state index in [0.717, 1.165) is 5.57 Å². The predicted octanol–water partition coefficient (Wildman–Crippen LogP) is -0.770. The van der Waals surface area contributed by atoms with Gasteiger partial charge in [-0.1, -0.05) is 18.6 Å². The number of ether oxygens (including phenoxy) is 3. The topological polar surface area (TPSA) is 146 Å². The van der Waals surface area contributed by atoms with Crippen molar-refractivity contribution in [3.8, 4) is 0 Å². The molecule has 170 valence electrons. The fourth-order valence-electron chi connectivity index (χ4n) is 5.83. The van der Waals surface area contributed by atoms with Crippen LogP contribution < -0.4 is 0 Å². The Hall–Kier alpha value is -1.07. The zero-order chi connectivity index (χ0) is 22.0. The number of rotatable bonds is 3. The highest BCUT2D eigenvalue weighted by atomic mass is 16.7. The minimum Gasteiger partial charge on any atom is -0.458 e. The average Bonchev–Trinajstić information content (AvgIpc) is 2.94. The number of carbonyl (C=O) groups excluding carboxylic acids is 1. The van der Waals surface area contributed by atoms with Crippen LogP contribution in [0.2, 0.25) is 0 Å². The summed E-state index contributed by atoms with van der Waals surface area (Å²) in [4.78, 5) is 12.2. The van der Waals surface area contributed by atoms with Crippen molar-refractivity contribution in [2.75, 3.05) is 6.61 Å². The van der Waals surface area contributed by atoms with E-state index >= 15 is 0 Å². The molecule has 9 heteroatoms. The molecule has 2 saturated heterocycles. The molecule has 2 aliphatic heterocycles. The van der Waals surface area contributed by atoms with Crippen LogP contribution in [0.4, 0.5) is 0 Å². The number of fused-ring (bicyclic) bond motifs is 3. The Labute approximate surface area is 175 Å². The number of hydrogen-bond acceptors (Lipinski definition) is 9. The number of hydrogen-bond donors (Lipinski definition) is 5. The zero-order valence-electron chi connectivity index (χ0n) is 17.5. The monoisotopic (exact) mass is 428 g/mol. The normalized spacial score (nSPS) is 53.5. The van der Waals surface area contributed by atoms with Gasteiger partial charge in [0.25, 0.3) is 0 Å². The molecule has 0 bridgehead atoms. The smallest absolute Gasteiger partial charge is 0.312 e. The first-order chi connectivity index (χ1) is 14.0. The lowest BCUT2D eigenvalue weighted by molar-refractivity contribution is -0.324. The fourth-order valence-corrected chi connectivity index (χ4v) is 5.83. The highest BCUT2D eigenvalue weighted by Crippen LogP contribution is 2.58. The second kappa shape index (κ2) is 7.51. The highest BCUT2D eigenvalue weighted by molar-refractivity contribution is 5.77. The Balaban J connectivity index is 1.60. The average molecular weight is 428 g/mol. The van der Waals surface area contributed by atoms with E-state index in [4.69, 9.17) is 14.2 Å². The van der Waals surface area contributed by atoms with E-state index in [1.54, 1.807) is 6.92 Å². The van der Waals surface area contributed by atoms with Crippen LogP contribution in [0.1, 0.15) is 40.0 Å². The summed E-state index contributed by atoms with van der Waals surface area (Å²) in [5.74, 6) is -1.28. The molecule has 1 saturated carbocycles. The van der Waals surface area contributed by atoms with E-state index in [1.165, 1.54) is 0 Å². The summed E-state index contributed by atoms with van der Waals surface area (Å²) in [7, 11) is 0. The SMILES string of the molecule is CC1=CC[C@H](O[C@@H]2O[C@H](CO)[C@@H](O)[C@H](O)[C@H]2O)[C@@]2(C)CC[C@@]3(O)[C@H](C)C(=O)O[C@H]3[C@H]12. The molecule has 5 N–H and O–H groups in total. The van der Waals surface area contributed by atoms with E-state index in [1.807, 2.05) is 19.9 Å². The van der Waals surface area contributed by atoms with Gasteiger partial charge in [-0.2, -0.15) is 0 Å². The third-order valence-corrected chi connectivity index (χ3v) is 7.94. The van der Waals surface area contributed by atoms with E-state index in [-0.39, 0.29) is 5.92 Å². The van der Waals surface area contributed by atoms with Crippen LogP contribution in [-0.4, -0.2) is 86.6 Å². The molecule has 4 rings (SSSR count). The Bertz CT molecular complexity index is 723. The van der Waals surface area contributed by atoms with Gasteiger partial charge in [-0.05, 0) is 33.1 Å². The second-order valence-electron chi connectivity index (χ2n) is 9.56. The van der Waals surface area contributed by atoms with Gasteiger partial charge in [-0.15, -0.1) is 0 Å². The summed E-state index contributed by atoms with van der Waals surface area (Å²) in [6, 6.07) is 0. The van der Waals surface area contributed by atoms with Crippen LogP contribution in [0.15, 0.2) is 11.6 Å². The van der Waals surface area contributed by atoms with Gasteiger partial charge in [-0.3, -0.25) is 4.79 Å². The van der Waals surface area contributed by atoms with E-state index in [9.17, 15) is 30.3 Å². The molecule has 9 nitrogen and oxygen atoms in total. The minimum absolute atomic E-state index is 0.270. The number of aliphatic hydroxyl groups excluding tert-OH is 4. The van der Waals surface area contributed by atoms with Crippen molar-refractivity contribution in [3.05, 3.63) is 11.6 Å². The highest BCUT2D eigenvalue weighted by Gasteiger charge is 2.66. The van der Waals surface area contributed by atoms with Crippen LogP contribution in [0.25, 0.3) is 0 Å². The summed E-state index contributed by atoms with van der Waals surface area (Å²) < 4.78 is 17.3. The molecule has 0 radical (unpaired) electrons. The van der Waals surface area contributed by atoms with E-state index < -0.39 is 72.4 Å². The third-order valence-electron chi connectivity index (χ3n) is 7.94. The molecule has 0 aromatic carbocycles. The van der Waals surface area contributed by atoms with Gasteiger partial charge in [0, 0.05) is 11.3 Å². The summed E-state index contributed by atoms with van der Waals surface area (Å²) in [5, 5.41) is 51.1. The van der Waals surface area contributed by atoms with Crippen molar-refractivity contribution >= 4 is 5.97 Å². The number of esters is 1. The molecule has 0 spiro atoms. The summed E-state index contributed by atoms with van der Waals surface area (Å²) in [6.45, 7) is 5.13. The maximum atomic E-state index is 12.2. The van der Waals surface area contributed by atoms with Crippen LogP contribution in [0.5, 0.6) is 0 Å². The van der Waals surface area contributed by atoms with E-state index in [2.05, 4.69) is 0 Å². The van der Waals surface area contributed by atoms with Crippen LogP contribution in [-0.2, 0) is 19.0 Å². The standard InChI is InChI=1S/C21H32O9/c1-9-4-5-12(29-19-16(25)15(24)14(23)11(8-22)28-19)20(3)6-7-21(27)10(2)18(26)30-17(21)13(9)20/h4,10-17,19,22-25,27H,5-8H2,1-3H3/t10-,11-,12+,13+,14-,15+,16-,17+,19+,20-,21-/m1/s1. The molecule has 0 aromatic rings. The molecule has 2 heterocycles. The first-order valence-corrected chi connectivity index (χ1v) is 10.6. The van der Waals surface area contributed by atoms with Crippen LogP contribution in [0, 0.1) is 17.3 Å². The van der Waals surface area contributed by atoms with Crippen LogP contribution in [0.3, 0.4) is 0 Å². The molecule has 11 atom stereocenters. The van der Waals surface area contributed by atoms with Gasteiger partial charge in [0.05, 0.1) is 18.6 Å². The zero-order valence-corrected chi connectivity index (χ0v) is 17.5. The molecule has 4 aliphatic rings. The third kappa shape index (κ3) is 3.06. The van der Waals surface area contributed by atoms with Crippen molar-refractivity contribution < 1.29 is 44.5 Å². The van der Waals surface area contributed by atoms with Gasteiger partial charge in [0.15, 0.2) is 6.29 Å². The second-order valence-corrected chi connectivity index (χ2v) is 9.56. The molecule has 30 heavy (non-hydrogen) atoms. The lowest BCUT2D eigenvalue weighted by atomic mass is 9.53. The van der Waals surface area contributed by atoms with Gasteiger partial charge >= 0.3 is 5.97 Å². The lowest BCUT2D eigenvalue weighted by Crippen LogP contribution is -2.63. The Morgan fingerprint density at radius 1 is 1.20 bits per heavy atom. The summed E-state index contributed by atoms with van der Waals surface area (Å²) >= 11 is 0. The molecule has 0 amide bonds. The summed E-state index contributed by atoms with van der Waals surface area (Å²) in [6.07, 6.45) is -4.44. The predicted molar refractivity (Wildman–Crippen MR) is 102 cm³/mol. The molecule has 0 unspecified atom stereocenters. The molecular formula is C21H32O9. The van der Waals surface area contributed by atoms with Crippen molar-refractivity contribution in [3.63, 3.8) is 0 Å². The Morgan fingerprint density at radius 2 is 1.90 bits per heavy atom. The van der Waals surface area contributed by atoms with E-state index in [0.29, 0.717) is 19.3 Å². The van der Waals surface area contributed by atoms with Crippen molar-refractivity contribution in [1.29, 1.82) is 0 Å². The van der Waals surface area contributed by atoms with Gasteiger partial charge in [-0.25, -0.2) is 0 Å². The number of carbonyl (C=O) groups is 1. The molecule has 2 aliphatic carbocycles. The first kappa shape index (κ1) is 22.1. The molecule has 3 fully saturated rings. The molecular weight excluding hydrogens is 396 g/mol. The van der Waals surface area contributed by atoms with Crippen molar-refractivity contribution in [2.24, 2.45) is 17.3 Å². The maximum Gasteiger partial charge on any atom is 0.312 e. The van der Waals surface area contributed by atoms with Crippen LogP contribution >= 0.6 is 0 Å². The quantitative estimate of drug-likeness (QED) is 0.289. The number of aliphatic hydroxyl groups is 5. The van der Waals surface area contributed by atoms with Crippen molar-refractivity contribution in [2.45, 2.75) is 88.5 Å². The molecule has 0 aromatic heterocycles. The first-order valence-electron chi connectivity index (χ1n) is 10.6. The van der Waals surface area contributed by atoms with Gasteiger partial charge in [0.2, 0.25) is 0 Å². The lowest BCUT2D eigenvalue weighted by Gasteiger charge is -2.56. The summed E-state index contributed by atoms with van der Waals surface area (Å²) in [5.41, 5.74) is -0.739. The Morgan fingerprint density at radius 3 is 2.57 bits per heavy atom. The van der Waals surface area contributed by atoms with Gasteiger partial charge in [0.1, 0.15) is 36.1 Å². The van der Waals surface area contributed by atoms with Gasteiger partial charge < -0.3 is 39.7 Å². The maximum absolute atomic E-state index is 12.2. The minimum atomic E-state index is -1.52. The van der Waals surface area contributed by atoms with Crippen molar-refractivity contribution in [1.82, 2.24) is 0 Å².